The van der Waals surface area contributed by atoms with Gasteiger partial charge in [0.2, 0.25) is 0 Å². The molecule has 0 bridgehead atoms. The van der Waals surface area contributed by atoms with Crippen LogP contribution in [0.1, 0.15) is 0 Å². The fourth-order valence-corrected chi connectivity index (χ4v) is 3.53. The molecule has 0 amide bonds. The van der Waals surface area contributed by atoms with Crippen molar-refractivity contribution in [3.8, 4) is 68.7 Å². The predicted octanol–water partition coefficient (Wildman–Crippen LogP) is 4.62. The van der Waals surface area contributed by atoms with Crippen LogP contribution in [0.5, 0.6) is 34.5 Å². The molecule has 0 fully saturated rings. The number of ether oxygens (including phenoxy) is 5. The second-order valence-electron chi connectivity index (χ2n) is 7.32. The van der Waals surface area contributed by atoms with Crippen LogP contribution in [0.3, 0.4) is 0 Å². The molecule has 35 heavy (non-hydrogen) atoms. The summed E-state index contributed by atoms with van der Waals surface area (Å²) in [7, 11) is 7.80. The van der Waals surface area contributed by atoms with Crippen LogP contribution in [-0.2, 0) is 0 Å². The number of phenols is 1. The summed E-state index contributed by atoms with van der Waals surface area (Å²) in [5, 5.41) is 10.7. The third kappa shape index (κ3) is 4.74. The van der Waals surface area contributed by atoms with Gasteiger partial charge in [-0.15, -0.1) is 0 Å². The van der Waals surface area contributed by atoms with E-state index in [2.05, 4.69) is 9.97 Å². The Labute approximate surface area is 202 Å². The summed E-state index contributed by atoms with van der Waals surface area (Å²) in [5.41, 5.74) is 1.66. The van der Waals surface area contributed by atoms with Crippen molar-refractivity contribution in [2.45, 2.75) is 0 Å². The molecule has 1 aromatic heterocycles. The highest BCUT2D eigenvalue weighted by Crippen LogP contribution is 2.38. The summed E-state index contributed by atoms with van der Waals surface area (Å²) in [4.78, 5) is 14.0. The molecule has 0 aliphatic carbocycles. The predicted molar refractivity (Wildman–Crippen MR) is 131 cm³/mol. The van der Waals surface area contributed by atoms with Crippen LogP contribution in [-0.4, -0.2) is 55.6 Å². The van der Waals surface area contributed by atoms with Crippen molar-refractivity contribution in [3.05, 3.63) is 54.6 Å². The first-order valence-corrected chi connectivity index (χ1v) is 10.6. The molecule has 0 radical (unpaired) electrons. The molecular weight excluding hydrogens is 450 g/mol. The van der Waals surface area contributed by atoms with E-state index in [1.807, 2.05) is 0 Å². The smallest absolute Gasteiger partial charge is 0.167 e. The van der Waals surface area contributed by atoms with Gasteiger partial charge >= 0.3 is 0 Å². The summed E-state index contributed by atoms with van der Waals surface area (Å²) in [6, 6.07) is 15.6. The van der Waals surface area contributed by atoms with E-state index in [-0.39, 0.29) is 11.6 Å². The van der Waals surface area contributed by atoms with E-state index in [9.17, 15) is 5.11 Å². The Morgan fingerprint density at radius 2 is 0.857 bits per heavy atom. The van der Waals surface area contributed by atoms with Gasteiger partial charge in [-0.3, -0.25) is 0 Å². The molecular formula is C26H25N3O6. The number of aromatic hydroxyl groups is 1. The molecule has 0 atom stereocenters. The van der Waals surface area contributed by atoms with Gasteiger partial charge in [0.25, 0.3) is 0 Å². The van der Waals surface area contributed by atoms with Crippen molar-refractivity contribution in [1.29, 1.82) is 0 Å². The first-order chi connectivity index (χ1) is 17.0. The van der Waals surface area contributed by atoms with Crippen LogP contribution in [0.2, 0.25) is 0 Å². The number of methoxy groups -OCH3 is 5. The Kier molecular flexibility index (Phi) is 6.86. The number of benzene rings is 3. The summed E-state index contributed by atoms with van der Waals surface area (Å²) in [5.74, 6) is 3.73. The maximum Gasteiger partial charge on any atom is 0.167 e. The van der Waals surface area contributed by atoms with Crippen LogP contribution in [0.15, 0.2) is 54.6 Å². The van der Waals surface area contributed by atoms with Gasteiger partial charge in [-0.2, -0.15) is 0 Å². The molecule has 0 saturated carbocycles. The molecule has 4 rings (SSSR count). The van der Waals surface area contributed by atoms with Crippen LogP contribution in [0, 0.1) is 0 Å². The highest BCUT2D eigenvalue weighted by Gasteiger charge is 2.20. The third-order valence-electron chi connectivity index (χ3n) is 5.38. The zero-order chi connectivity index (χ0) is 24.9. The van der Waals surface area contributed by atoms with Gasteiger partial charge in [-0.1, -0.05) is 0 Å². The number of hydrogen-bond donors (Lipinski definition) is 1. The molecule has 9 heteroatoms. The lowest BCUT2D eigenvalue weighted by atomic mass is 10.1. The highest BCUT2D eigenvalue weighted by molar-refractivity contribution is 5.74. The van der Waals surface area contributed by atoms with Crippen molar-refractivity contribution in [2.24, 2.45) is 0 Å². The van der Waals surface area contributed by atoms with E-state index >= 15 is 0 Å². The fraction of sp³-hybridized carbons (Fsp3) is 0.192. The third-order valence-corrected chi connectivity index (χ3v) is 5.38. The lowest BCUT2D eigenvalue weighted by molar-refractivity contribution is 0.395. The zero-order valence-electron chi connectivity index (χ0n) is 20.0. The number of phenolic OH excluding ortho intramolecular Hbond substituents is 1. The molecule has 0 aliphatic rings. The minimum Gasteiger partial charge on any atom is -0.507 e. The zero-order valence-corrected chi connectivity index (χ0v) is 20.0. The largest absolute Gasteiger partial charge is 0.507 e. The summed E-state index contributed by atoms with van der Waals surface area (Å²) in [6.45, 7) is 0. The van der Waals surface area contributed by atoms with E-state index in [0.29, 0.717) is 57.1 Å². The minimum absolute atomic E-state index is 0.0316. The van der Waals surface area contributed by atoms with Crippen molar-refractivity contribution < 1.29 is 28.8 Å². The first-order valence-electron chi connectivity index (χ1n) is 10.6. The molecule has 3 aromatic carbocycles. The molecule has 180 valence electrons. The normalized spacial score (nSPS) is 10.5. The van der Waals surface area contributed by atoms with Crippen molar-refractivity contribution in [1.82, 2.24) is 15.0 Å². The standard InChI is InChI=1S/C26H25N3O6/c1-31-15-6-9-18(21(30)12-15)24-27-25(19-10-7-16(32-2)13-22(19)34-4)29-26(28-24)20-11-8-17(33-3)14-23(20)35-5/h6-14,30H,1-5H3. The average Bonchev–Trinajstić information content (AvgIpc) is 2.91. The lowest BCUT2D eigenvalue weighted by Crippen LogP contribution is -2.03. The molecule has 9 nitrogen and oxygen atoms in total. The summed E-state index contributed by atoms with van der Waals surface area (Å²) < 4.78 is 27.0. The molecule has 0 spiro atoms. The van der Waals surface area contributed by atoms with Gasteiger partial charge in [-0.05, 0) is 36.4 Å². The van der Waals surface area contributed by atoms with E-state index in [1.54, 1.807) is 77.0 Å². The van der Waals surface area contributed by atoms with Crippen LogP contribution in [0.4, 0.5) is 0 Å². The van der Waals surface area contributed by atoms with E-state index in [4.69, 9.17) is 28.7 Å². The van der Waals surface area contributed by atoms with Crippen LogP contribution in [0.25, 0.3) is 34.2 Å². The second-order valence-corrected chi connectivity index (χ2v) is 7.32. The molecule has 1 N–H and O–H groups in total. The number of rotatable bonds is 8. The van der Waals surface area contributed by atoms with Crippen LogP contribution >= 0.6 is 0 Å². The van der Waals surface area contributed by atoms with Crippen molar-refractivity contribution >= 4 is 0 Å². The highest BCUT2D eigenvalue weighted by atomic mass is 16.5. The fourth-order valence-electron chi connectivity index (χ4n) is 3.53. The van der Waals surface area contributed by atoms with Crippen molar-refractivity contribution in [2.75, 3.05) is 35.5 Å². The number of hydrogen-bond acceptors (Lipinski definition) is 9. The Morgan fingerprint density at radius 1 is 0.486 bits per heavy atom. The van der Waals surface area contributed by atoms with Crippen LogP contribution < -0.4 is 23.7 Å². The van der Waals surface area contributed by atoms with Gasteiger partial charge in [0.15, 0.2) is 17.5 Å². The number of nitrogens with zero attached hydrogens (tertiary/aromatic N) is 3. The topological polar surface area (TPSA) is 105 Å². The summed E-state index contributed by atoms with van der Waals surface area (Å²) >= 11 is 0. The number of aromatic nitrogens is 3. The lowest BCUT2D eigenvalue weighted by Gasteiger charge is -2.14. The molecule has 4 aromatic rings. The Morgan fingerprint density at radius 3 is 1.23 bits per heavy atom. The Hall–Kier alpha value is -4.53. The minimum atomic E-state index is -0.0316. The van der Waals surface area contributed by atoms with E-state index < -0.39 is 0 Å². The molecule has 1 heterocycles. The molecule has 0 unspecified atom stereocenters. The van der Waals surface area contributed by atoms with Gasteiger partial charge in [0, 0.05) is 18.2 Å². The van der Waals surface area contributed by atoms with Gasteiger partial charge in [0.05, 0.1) is 52.2 Å². The first kappa shape index (κ1) is 23.6. The molecule has 0 saturated heterocycles. The maximum absolute atomic E-state index is 10.7. The maximum atomic E-state index is 10.7. The van der Waals surface area contributed by atoms with Crippen molar-refractivity contribution in [3.63, 3.8) is 0 Å². The van der Waals surface area contributed by atoms with Gasteiger partial charge in [0.1, 0.15) is 34.5 Å². The van der Waals surface area contributed by atoms with E-state index in [1.165, 1.54) is 13.2 Å². The van der Waals surface area contributed by atoms with Gasteiger partial charge in [-0.25, -0.2) is 15.0 Å². The quantitative estimate of drug-likeness (QED) is 0.391. The Balaban J connectivity index is 1.97. The Bertz CT molecular complexity index is 1290. The monoisotopic (exact) mass is 475 g/mol. The average molecular weight is 476 g/mol. The second kappa shape index (κ2) is 10.2. The van der Waals surface area contributed by atoms with Gasteiger partial charge < -0.3 is 28.8 Å². The summed E-state index contributed by atoms with van der Waals surface area (Å²) in [6.07, 6.45) is 0. The SMILES string of the molecule is COc1ccc(-c2nc(-c3ccc(OC)cc3OC)nc(-c3ccc(OC)cc3OC)n2)c(O)c1. The molecule has 0 aliphatic heterocycles. The van der Waals surface area contributed by atoms with E-state index in [0.717, 1.165) is 0 Å².